The van der Waals surface area contributed by atoms with E-state index in [1.807, 2.05) is 43.3 Å². The first-order valence-corrected chi connectivity index (χ1v) is 8.05. The summed E-state index contributed by atoms with van der Waals surface area (Å²) < 4.78 is 1.24. The Labute approximate surface area is 122 Å². The fourth-order valence-corrected chi connectivity index (χ4v) is 3.85. The zero-order chi connectivity index (χ0) is 13.6. The number of thioether (sulfide) groups is 1. The Balaban J connectivity index is 2.22. The molecule has 0 fully saturated rings. The first-order chi connectivity index (χ1) is 9.30. The summed E-state index contributed by atoms with van der Waals surface area (Å²) in [5.74, 6) is 0.710. The highest BCUT2D eigenvalue weighted by Gasteiger charge is 2.31. The number of thiophene rings is 1. The van der Waals surface area contributed by atoms with Crippen molar-refractivity contribution >= 4 is 23.1 Å². The van der Waals surface area contributed by atoms with E-state index < -0.39 is 5.54 Å². The van der Waals surface area contributed by atoms with Crippen LogP contribution in [-0.4, -0.2) is 12.3 Å². The van der Waals surface area contributed by atoms with Crippen LogP contribution in [0.15, 0.2) is 52.1 Å². The van der Waals surface area contributed by atoms with Crippen molar-refractivity contribution in [1.82, 2.24) is 5.32 Å². The van der Waals surface area contributed by atoms with E-state index in [2.05, 4.69) is 22.8 Å². The van der Waals surface area contributed by atoms with Gasteiger partial charge in [0.05, 0.1) is 10.3 Å². The van der Waals surface area contributed by atoms with Gasteiger partial charge in [-0.2, -0.15) is 5.26 Å². The number of rotatable bonds is 6. The predicted molar refractivity (Wildman–Crippen MR) is 82.5 cm³/mol. The summed E-state index contributed by atoms with van der Waals surface area (Å²) in [7, 11) is 0. The number of hydrogen-bond acceptors (Lipinski definition) is 4. The van der Waals surface area contributed by atoms with E-state index in [-0.39, 0.29) is 0 Å². The molecule has 0 aliphatic carbocycles. The highest BCUT2D eigenvalue weighted by Crippen LogP contribution is 2.31. The highest BCUT2D eigenvalue weighted by atomic mass is 32.2. The molecular formula is C15H16N2S2. The molecule has 1 heterocycles. The molecule has 0 amide bonds. The minimum Gasteiger partial charge on any atom is -0.295 e. The van der Waals surface area contributed by atoms with Crippen LogP contribution in [0.3, 0.4) is 0 Å². The van der Waals surface area contributed by atoms with Gasteiger partial charge in [0.15, 0.2) is 0 Å². The monoisotopic (exact) mass is 288 g/mol. The van der Waals surface area contributed by atoms with Gasteiger partial charge in [-0.3, -0.25) is 5.32 Å². The molecule has 4 heteroatoms. The van der Waals surface area contributed by atoms with E-state index in [0.717, 1.165) is 12.1 Å². The van der Waals surface area contributed by atoms with Gasteiger partial charge < -0.3 is 0 Å². The summed E-state index contributed by atoms with van der Waals surface area (Å²) in [4.78, 5) is 0. The molecule has 98 valence electrons. The van der Waals surface area contributed by atoms with Crippen molar-refractivity contribution in [2.45, 2.75) is 16.7 Å². The number of nitrogens with zero attached hydrogens (tertiary/aromatic N) is 1. The Bertz CT molecular complexity index is 531. The van der Waals surface area contributed by atoms with Crippen LogP contribution in [0.1, 0.15) is 12.5 Å². The Hall–Kier alpha value is -1.28. The van der Waals surface area contributed by atoms with E-state index in [9.17, 15) is 5.26 Å². The summed E-state index contributed by atoms with van der Waals surface area (Å²) in [5, 5.41) is 15.1. The topological polar surface area (TPSA) is 35.8 Å². The Morgan fingerprint density at radius 2 is 2.05 bits per heavy atom. The Kier molecular flexibility index (Phi) is 5.03. The predicted octanol–water partition coefficient (Wildman–Crippen LogP) is 3.87. The molecule has 0 radical (unpaired) electrons. The van der Waals surface area contributed by atoms with Crippen LogP contribution in [0.4, 0.5) is 0 Å². The first-order valence-electron chi connectivity index (χ1n) is 6.19. The standard InChI is InChI=1S/C15H16N2S2/c1-2-17-15(11-16,13-7-4-3-5-8-13)12-19-14-9-6-10-18-14/h3-10,17H,2,12H2,1H3. The average Bonchev–Trinajstić information content (AvgIpc) is 2.98. The average molecular weight is 288 g/mol. The van der Waals surface area contributed by atoms with Gasteiger partial charge in [-0.1, -0.05) is 43.3 Å². The van der Waals surface area contributed by atoms with Gasteiger partial charge in [-0.25, -0.2) is 0 Å². The minimum absolute atomic E-state index is 0.620. The highest BCUT2D eigenvalue weighted by molar-refractivity contribution is 8.01. The third-order valence-electron chi connectivity index (χ3n) is 2.86. The summed E-state index contributed by atoms with van der Waals surface area (Å²) >= 11 is 3.44. The molecule has 0 saturated heterocycles. The van der Waals surface area contributed by atoms with Gasteiger partial charge in [0.1, 0.15) is 5.54 Å². The van der Waals surface area contributed by atoms with Gasteiger partial charge in [0, 0.05) is 5.75 Å². The van der Waals surface area contributed by atoms with Crippen LogP contribution < -0.4 is 5.32 Å². The second-order valence-electron chi connectivity index (χ2n) is 4.13. The van der Waals surface area contributed by atoms with E-state index >= 15 is 0 Å². The van der Waals surface area contributed by atoms with Crippen LogP contribution in [0.5, 0.6) is 0 Å². The van der Waals surface area contributed by atoms with Gasteiger partial charge >= 0.3 is 0 Å². The van der Waals surface area contributed by atoms with Crippen molar-refractivity contribution in [1.29, 1.82) is 5.26 Å². The first kappa shape index (κ1) is 14.1. The second-order valence-corrected chi connectivity index (χ2v) is 6.36. The van der Waals surface area contributed by atoms with Gasteiger partial charge in [0.25, 0.3) is 0 Å². The maximum atomic E-state index is 9.67. The van der Waals surface area contributed by atoms with Crippen LogP contribution in [0, 0.1) is 11.3 Å². The van der Waals surface area contributed by atoms with Crippen molar-refractivity contribution in [2.75, 3.05) is 12.3 Å². The molecule has 0 aliphatic heterocycles. The summed E-state index contributed by atoms with van der Waals surface area (Å²) in [6.07, 6.45) is 0. The van der Waals surface area contributed by atoms with Crippen molar-refractivity contribution in [3.05, 3.63) is 53.4 Å². The lowest BCUT2D eigenvalue weighted by molar-refractivity contribution is 0.490. The van der Waals surface area contributed by atoms with E-state index in [1.165, 1.54) is 4.21 Å². The van der Waals surface area contributed by atoms with E-state index in [0.29, 0.717) is 5.75 Å². The normalized spacial score (nSPS) is 13.7. The third kappa shape index (κ3) is 3.38. The molecule has 1 aromatic heterocycles. The van der Waals surface area contributed by atoms with E-state index in [1.54, 1.807) is 23.1 Å². The molecule has 2 aromatic rings. The van der Waals surface area contributed by atoms with Gasteiger partial charge in [-0.05, 0) is 23.6 Å². The zero-order valence-corrected chi connectivity index (χ0v) is 12.4. The van der Waals surface area contributed by atoms with Crippen LogP contribution in [0.2, 0.25) is 0 Å². The summed E-state index contributed by atoms with van der Waals surface area (Å²) in [6.45, 7) is 2.80. The molecule has 1 aromatic carbocycles. The fraction of sp³-hybridized carbons (Fsp3) is 0.267. The fourth-order valence-electron chi connectivity index (χ4n) is 1.92. The van der Waals surface area contributed by atoms with Crippen molar-refractivity contribution in [3.63, 3.8) is 0 Å². The maximum Gasteiger partial charge on any atom is 0.141 e. The molecule has 1 N–H and O–H groups in total. The van der Waals surface area contributed by atoms with Crippen LogP contribution in [-0.2, 0) is 5.54 Å². The van der Waals surface area contributed by atoms with Crippen LogP contribution in [0.25, 0.3) is 0 Å². The number of nitrogens with one attached hydrogen (secondary N) is 1. The quantitative estimate of drug-likeness (QED) is 0.820. The molecule has 1 unspecified atom stereocenters. The second kappa shape index (κ2) is 6.76. The Morgan fingerprint density at radius 1 is 1.26 bits per heavy atom. The largest absolute Gasteiger partial charge is 0.295 e. The molecule has 1 atom stereocenters. The molecular weight excluding hydrogens is 272 g/mol. The van der Waals surface area contributed by atoms with Crippen molar-refractivity contribution in [3.8, 4) is 6.07 Å². The van der Waals surface area contributed by atoms with E-state index in [4.69, 9.17) is 0 Å². The number of benzene rings is 1. The molecule has 0 saturated carbocycles. The lowest BCUT2D eigenvalue weighted by Crippen LogP contribution is -2.43. The summed E-state index contributed by atoms with van der Waals surface area (Å²) in [6, 6.07) is 16.6. The molecule has 19 heavy (non-hydrogen) atoms. The SMILES string of the molecule is CCNC(C#N)(CSc1cccs1)c1ccccc1. The smallest absolute Gasteiger partial charge is 0.141 e. The number of hydrogen-bond donors (Lipinski definition) is 1. The minimum atomic E-state index is -0.620. The van der Waals surface area contributed by atoms with Crippen molar-refractivity contribution in [2.24, 2.45) is 0 Å². The maximum absolute atomic E-state index is 9.67. The van der Waals surface area contributed by atoms with Crippen LogP contribution >= 0.6 is 23.1 Å². The molecule has 2 nitrogen and oxygen atoms in total. The molecule has 0 spiro atoms. The number of nitriles is 1. The molecule has 2 rings (SSSR count). The lowest BCUT2D eigenvalue weighted by atomic mass is 9.93. The van der Waals surface area contributed by atoms with Gasteiger partial charge in [-0.15, -0.1) is 23.1 Å². The van der Waals surface area contributed by atoms with Crippen molar-refractivity contribution < 1.29 is 0 Å². The molecule has 0 bridgehead atoms. The lowest BCUT2D eigenvalue weighted by Gasteiger charge is -2.27. The third-order valence-corrected chi connectivity index (χ3v) is 5.16. The Morgan fingerprint density at radius 3 is 2.63 bits per heavy atom. The zero-order valence-electron chi connectivity index (χ0n) is 10.8. The van der Waals surface area contributed by atoms with Gasteiger partial charge in [0.2, 0.25) is 0 Å². The molecule has 0 aliphatic rings. The summed E-state index contributed by atoms with van der Waals surface area (Å²) in [5.41, 5.74) is 0.411.